The molecule has 3 heteroatoms. The monoisotopic (exact) mass is 112 g/mol. The zero-order valence-corrected chi connectivity index (χ0v) is 4.66. The second-order valence-electron chi connectivity index (χ2n) is 1.50. The Labute approximate surface area is 47.6 Å². The van der Waals surface area contributed by atoms with Crippen LogP contribution in [-0.4, -0.2) is 11.8 Å². The number of hydrogen-bond acceptors (Lipinski definition) is 2. The Morgan fingerprint density at radius 2 is 2.50 bits per heavy atom. The Morgan fingerprint density at radius 1 is 1.75 bits per heavy atom. The van der Waals surface area contributed by atoms with Gasteiger partial charge in [0.25, 0.3) is 0 Å². The van der Waals surface area contributed by atoms with Crippen LogP contribution in [0.4, 0.5) is 0 Å². The molecule has 1 aromatic rings. The molecule has 2 N–H and O–H groups in total. The van der Waals surface area contributed by atoms with Crippen LogP contribution in [0.25, 0.3) is 0 Å². The van der Waals surface area contributed by atoms with Gasteiger partial charge in [-0.05, 0) is 6.07 Å². The lowest BCUT2D eigenvalue weighted by atomic mass is 10.6. The molecule has 0 aliphatic rings. The highest BCUT2D eigenvalue weighted by Crippen LogP contribution is 2.05. The van der Waals surface area contributed by atoms with Crippen molar-refractivity contribution in [1.82, 2.24) is 4.68 Å². The van der Waals surface area contributed by atoms with Crippen molar-refractivity contribution in [1.29, 1.82) is 0 Å². The Bertz CT molecular complexity index is 171. The Morgan fingerprint density at radius 3 is 2.75 bits per heavy atom. The van der Waals surface area contributed by atoms with E-state index in [1.807, 2.05) is 0 Å². The van der Waals surface area contributed by atoms with E-state index in [4.69, 9.17) is 10.6 Å². The van der Waals surface area contributed by atoms with Gasteiger partial charge in [0.05, 0.1) is 13.3 Å². The van der Waals surface area contributed by atoms with E-state index in [1.165, 1.54) is 4.68 Å². The fourth-order valence-electron chi connectivity index (χ4n) is 0.513. The summed E-state index contributed by atoms with van der Waals surface area (Å²) in [6.45, 7) is 0. The normalized spacial score (nSPS) is 9.12. The average Bonchev–Trinajstić information content (AvgIpc) is 2.14. The van der Waals surface area contributed by atoms with Gasteiger partial charge in [0.15, 0.2) is 0 Å². The van der Waals surface area contributed by atoms with E-state index < -0.39 is 0 Å². The van der Waals surface area contributed by atoms with E-state index in [2.05, 4.69) is 0 Å². The Hall–Kier alpha value is -1.12. The number of hydrogen-bond donors (Lipinski definition) is 1. The number of methoxy groups -OCH3 is 1. The number of ether oxygens (including phenoxy) is 1. The van der Waals surface area contributed by atoms with Crippen LogP contribution >= 0.6 is 0 Å². The molecule has 0 amide bonds. The molecule has 1 aromatic heterocycles. The van der Waals surface area contributed by atoms with Crippen LogP contribution in [0.3, 0.4) is 0 Å². The van der Waals surface area contributed by atoms with Crippen LogP contribution in [0.15, 0.2) is 18.5 Å². The van der Waals surface area contributed by atoms with Gasteiger partial charge in [-0.1, -0.05) is 0 Å². The molecule has 0 bridgehead atoms. The number of nitrogen functional groups attached to an aromatic ring is 1. The average molecular weight is 112 g/mol. The summed E-state index contributed by atoms with van der Waals surface area (Å²) >= 11 is 0. The van der Waals surface area contributed by atoms with Crippen molar-refractivity contribution in [3.8, 4) is 5.75 Å². The molecular formula is C5H8N2O. The van der Waals surface area contributed by atoms with E-state index in [-0.39, 0.29) is 0 Å². The second-order valence-corrected chi connectivity index (χ2v) is 1.50. The van der Waals surface area contributed by atoms with Crippen molar-refractivity contribution >= 4 is 0 Å². The summed E-state index contributed by atoms with van der Waals surface area (Å²) in [7, 11) is 1.61. The molecule has 0 aliphatic carbocycles. The van der Waals surface area contributed by atoms with E-state index >= 15 is 0 Å². The van der Waals surface area contributed by atoms with Crippen LogP contribution in [0, 0.1) is 0 Å². The molecule has 1 rings (SSSR count). The van der Waals surface area contributed by atoms with Crippen molar-refractivity contribution in [2.45, 2.75) is 0 Å². The molecule has 0 fully saturated rings. The molecule has 0 saturated carbocycles. The smallest absolute Gasteiger partial charge is 0.138 e. The third-order valence-electron chi connectivity index (χ3n) is 0.923. The van der Waals surface area contributed by atoms with Crippen molar-refractivity contribution in [2.75, 3.05) is 13.0 Å². The van der Waals surface area contributed by atoms with Gasteiger partial charge >= 0.3 is 0 Å². The highest BCUT2D eigenvalue weighted by atomic mass is 16.5. The summed E-state index contributed by atoms with van der Waals surface area (Å²) in [5.41, 5.74) is 0. The van der Waals surface area contributed by atoms with Gasteiger partial charge in [-0.3, -0.25) is 4.68 Å². The van der Waals surface area contributed by atoms with Crippen LogP contribution in [0.5, 0.6) is 5.75 Å². The molecule has 0 radical (unpaired) electrons. The van der Waals surface area contributed by atoms with Crippen molar-refractivity contribution < 1.29 is 4.74 Å². The molecule has 1 heterocycles. The van der Waals surface area contributed by atoms with Crippen molar-refractivity contribution in [2.24, 2.45) is 0 Å². The first-order valence-electron chi connectivity index (χ1n) is 2.30. The largest absolute Gasteiger partial charge is 0.495 e. The van der Waals surface area contributed by atoms with Gasteiger partial charge in [0.1, 0.15) is 5.75 Å². The zero-order valence-electron chi connectivity index (χ0n) is 4.66. The maximum atomic E-state index is 5.29. The quantitative estimate of drug-likeness (QED) is 0.527. The zero-order chi connectivity index (χ0) is 5.98. The summed E-state index contributed by atoms with van der Waals surface area (Å²) in [6.07, 6.45) is 3.42. The van der Waals surface area contributed by atoms with E-state index in [0.717, 1.165) is 5.75 Å². The third kappa shape index (κ3) is 0.753. The number of nitrogens with two attached hydrogens (primary N) is 1. The fraction of sp³-hybridized carbons (Fsp3) is 0.200. The molecular weight excluding hydrogens is 104 g/mol. The van der Waals surface area contributed by atoms with Gasteiger partial charge in [0.2, 0.25) is 0 Å². The van der Waals surface area contributed by atoms with Crippen LogP contribution < -0.4 is 10.6 Å². The van der Waals surface area contributed by atoms with Gasteiger partial charge < -0.3 is 10.6 Å². The first-order chi connectivity index (χ1) is 3.83. The predicted octanol–water partition coefficient (Wildman–Crippen LogP) is 0.211. The lowest BCUT2D eigenvalue weighted by molar-refractivity contribution is 0.414. The van der Waals surface area contributed by atoms with Gasteiger partial charge in [-0.15, -0.1) is 0 Å². The molecule has 0 aliphatic heterocycles. The summed E-state index contributed by atoms with van der Waals surface area (Å²) in [5.74, 6) is 6.08. The SMILES string of the molecule is COc1ccn(N)c1. The van der Waals surface area contributed by atoms with Crippen LogP contribution in [0.2, 0.25) is 0 Å². The van der Waals surface area contributed by atoms with E-state index in [9.17, 15) is 0 Å². The molecule has 8 heavy (non-hydrogen) atoms. The summed E-state index contributed by atoms with van der Waals surface area (Å²) < 4.78 is 6.28. The summed E-state index contributed by atoms with van der Waals surface area (Å²) in [6, 6.07) is 1.79. The summed E-state index contributed by atoms with van der Waals surface area (Å²) in [5, 5.41) is 0. The number of nitrogens with zero attached hydrogens (tertiary/aromatic N) is 1. The molecule has 0 unspecified atom stereocenters. The topological polar surface area (TPSA) is 40.2 Å². The molecule has 0 aromatic carbocycles. The second kappa shape index (κ2) is 1.78. The fourth-order valence-corrected chi connectivity index (χ4v) is 0.513. The minimum absolute atomic E-state index is 0.785. The van der Waals surface area contributed by atoms with Gasteiger partial charge in [-0.2, -0.15) is 0 Å². The van der Waals surface area contributed by atoms with Crippen LogP contribution in [-0.2, 0) is 0 Å². The first-order valence-corrected chi connectivity index (χ1v) is 2.30. The molecule has 0 spiro atoms. The number of aromatic nitrogens is 1. The maximum absolute atomic E-state index is 5.29. The first kappa shape index (κ1) is 5.03. The maximum Gasteiger partial charge on any atom is 0.138 e. The number of rotatable bonds is 1. The Kier molecular flexibility index (Phi) is 1.12. The molecule has 3 nitrogen and oxygen atoms in total. The minimum atomic E-state index is 0.785. The van der Waals surface area contributed by atoms with Crippen molar-refractivity contribution in [3.63, 3.8) is 0 Å². The van der Waals surface area contributed by atoms with Gasteiger partial charge in [-0.25, -0.2) is 0 Å². The lowest BCUT2D eigenvalue weighted by Gasteiger charge is -1.89. The van der Waals surface area contributed by atoms with Crippen LogP contribution in [0.1, 0.15) is 0 Å². The van der Waals surface area contributed by atoms with Gasteiger partial charge in [0, 0.05) is 6.20 Å². The predicted molar refractivity (Wildman–Crippen MR) is 31.1 cm³/mol. The van der Waals surface area contributed by atoms with E-state index in [1.54, 1.807) is 25.6 Å². The van der Waals surface area contributed by atoms with E-state index in [0.29, 0.717) is 0 Å². The minimum Gasteiger partial charge on any atom is -0.495 e. The molecule has 0 saturated heterocycles. The lowest BCUT2D eigenvalue weighted by Crippen LogP contribution is -2.02. The molecule has 0 atom stereocenters. The summed E-state index contributed by atoms with van der Waals surface area (Å²) in [4.78, 5) is 0. The van der Waals surface area contributed by atoms with Crippen molar-refractivity contribution in [3.05, 3.63) is 18.5 Å². The molecule has 44 valence electrons. The standard InChI is InChI=1S/C5H8N2O/c1-8-5-2-3-7(6)4-5/h2-4H,6H2,1H3. The Balaban J connectivity index is 2.84. The highest BCUT2D eigenvalue weighted by molar-refractivity contribution is 5.16. The third-order valence-corrected chi connectivity index (χ3v) is 0.923. The highest BCUT2D eigenvalue weighted by Gasteiger charge is 1.87.